The van der Waals surface area contributed by atoms with Crippen LogP contribution in [0.4, 0.5) is 4.79 Å². The van der Waals surface area contributed by atoms with E-state index in [1.165, 1.54) is 12.8 Å². The van der Waals surface area contributed by atoms with Gasteiger partial charge in [-0.05, 0) is 40.5 Å². The highest BCUT2D eigenvalue weighted by Crippen LogP contribution is 2.18. The molecule has 5 heteroatoms. The van der Waals surface area contributed by atoms with Crippen molar-refractivity contribution in [2.45, 2.75) is 58.2 Å². The molecular formula is C11H23ClN2O2. The zero-order chi connectivity index (χ0) is 11.5. The van der Waals surface area contributed by atoms with Gasteiger partial charge in [-0.15, -0.1) is 12.4 Å². The summed E-state index contributed by atoms with van der Waals surface area (Å²) in [5.74, 6) is 0. The van der Waals surface area contributed by atoms with Crippen LogP contribution in [0, 0.1) is 0 Å². The highest BCUT2D eigenvalue weighted by atomic mass is 35.5. The highest BCUT2D eigenvalue weighted by Gasteiger charge is 2.22. The first-order chi connectivity index (χ1) is 6.87. The normalized spacial score (nSPS) is 17.2. The van der Waals surface area contributed by atoms with Crippen LogP contribution in [-0.4, -0.2) is 30.3 Å². The van der Waals surface area contributed by atoms with E-state index in [-0.39, 0.29) is 24.5 Å². The molecular weight excluding hydrogens is 228 g/mol. The molecule has 1 fully saturated rings. The minimum atomic E-state index is -0.423. The maximum atomic E-state index is 11.4. The van der Waals surface area contributed by atoms with Gasteiger partial charge in [-0.25, -0.2) is 4.79 Å². The number of halogens is 1. The summed E-state index contributed by atoms with van der Waals surface area (Å²) in [6.07, 6.45) is 2.19. The van der Waals surface area contributed by atoms with Gasteiger partial charge < -0.3 is 15.4 Å². The number of alkyl carbamates (subject to hydrolysis) is 1. The van der Waals surface area contributed by atoms with E-state index in [2.05, 4.69) is 10.6 Å². The van der Waals surface area contributed by atoms with Crippen LogP contribution in [0.5, 0.6) is 0 Å². The number of hydrogen-bond donors (Lipinski definition) is 2. The Morgan fingerprint density at radius 2 is 2.00 bits per heavy atom. The van der Waals surface area contributed by atoms with Gasteiger partial charge in [0.25, 0.3) is 0 Å². The summed E-state index contributed by atoms with van der Waals surface area (Å²) in [6, 6.07) is 0.785. The Morgan fingerprint density at radius 1 is 1.44 bits per heavy atom. The molecule has 1 saturated carbocycles. The molecule has 0 unspecified atom stereocenters. The summed E-state index contributed by atoms with van der Waals surface area (Å²) < 4.78 is 5.15. The van der Waals surface area contributed by atoms with Crippen molar-refractivity contribution in [1.82, 2.24) is 10.6 Å². The number of rotatable bonds is 4. The van der Waals surface area contributed by atoms with E-state index in [9.17, 15) is 4.79 Å². The van der Waals surface area contributed by atoms with Gasteiger partial charge in [-0.1, -0.05) is 0 Å². The van der Waals surface area contributed by atoms with Gasteiger partial charge in [0.1, 0.15) is 5.60 Å². The second-order valence-corrected chi connectivity index (χ2v) is 5.23. The molecule has 0 aliphatic heterocycles. The topological polar surface area (TPSA) is 50.4 Å². The van der Waals surface area contributed by atoms with Crippen LogP contribution in [0.3, 0.4) is 0 Å². The summed E-state index contributed by atoms with van der Waals surface area (Å²) in [5.41, 5.74) is -0.423. The van der Waals surface area contributed by atoms with Crippen LogP contribution in [-0.2, 0) is 4.74 Å². The molecule has 0 bridgehead atoms. The molecule has 1 atom stereocenters. The van der Waals surface area contributed by atoms with E-state index in [1.807, 2.05) is 27.7 Å². The molecule has 1 aliphatic rings. The molecule has 0 spiro atoms. The summed E-state index contributed by atoms with van der Waals surface area (Å²) in [4.78, 5) is 11.4. The summed E-state index contributed by atoms with van der Waals surface area (Å²) >= 11 is 0. The maximum absolute atomic E-state index is 11.4. The summed E-state index contributed by atoms with van der Waals surface area (Å²) in [7, 11) is 0. The number of ether oxygens (including phenoxy) is 1. The van der Waals surface area contributed by atoms with E-state index >= 15 is 0 Å². The second-order valence-electron chi connectivity index (χ2n) is 5.23. The van der Waals surface area contributed by atoms with Gasteiger partial charge in [-0.2, -0.15) is 0 Å². The molecule has 96 valence electrons. The van der Waals surface area contributed by atoms with Crippen LogP contribution < -0.4 is 10.6 Å². The van der Waals surface area contributed by atoms with Crippen LogP contribution >= 0.6 is 12.4 Å². The molecule has 0 aromatic rings. The molecule has 0 aromatic carbocycles. The predicted molar refractivity (Wildman–Crippen MR) is 67.1 cm³/mol. The third-order valence-corrected chi connectivity index (χ3v) is 2.05. The molecule has 0 saturated heterocycles. The Kier molecular flexibility index (Phi) is 6.11. The maximum Gasteiger partial charge on any atom is 0.407 e. The van der Waals surface area contributed by atoms with Crippen LogP contribution in [0.2, 0.25) is 0 Å². The second kappa shape index (κ2) is 6.30. The van der Waals surface area contributed by atoms with E-state index in [1.54, 1.807) is 0 Å². The molecule has 2 N–H and O–H groups in total. The van der Waals surface area contributed by atoms with Gasteiger partial charge in [0, 0.05) is 18.6 Å². The number of amides is 1. The first kappa shape index (κ1) is 15.5. The average molecular weight is 251 g/mol. The van der Waals surface area contributed by atoms with Gasteiger partial charge in [0.15, 0.2) is 0 Å². The standard InChI is InChI=1S/C11H22N2O2.ClH/c1-8(7-12-9-5-6-9)13-10(14)15-11(2,3)4;/h8-9,12H,5-7H2,1-4H3,(H,13,14);1H/t8-;/m0./s1. The van der Waals surface area contributed by atoms with E-state index in [0.717, 1.165) is 6.54 Å². The predicted octanol–water partition coefficient (Wildman–Crippen LogP) is 2.07. The van der Waals surface area contributed by atoms with E-state index < -0.39 is 5.60 Å². The fraction of sp³-hybridized carbons (Fsp3) is 0.909. The lowest BCUT2D eigenvalue weighted by atomic mass is 10.2. The van der Waals surface area contributed by atoms with Gasteiger partial charge >= 0.3 is 6.09 Å². The zero-order valence-corrected chi connectivity index (χ0v) is 11.3. The molecule has 1 rings (SSSR count). The number of nitrogens with one attached hydrogen (secondary N) is 2. The van der Waals surface area contributed by atoms with Gasteiger partial charge in [0.2, 0.25) is 0 Å². The molecule has 16 heavy (non-hydrogen) atoms. The Labute approximate surface area is 104 Å². The van der Waals surface area contributed by atoms with Crippen molar-refractivity contribution in [2.24, 2.45) is 0 Å². The third kappa shape index (κ3) is 7.77. The lowest BCUT2D eigenvalue weighted by Gasteiger charge is -2.22. The van der Waals surface area contributed by atoms with Gasteiger partial charge in [0.05, 0.1) is 0 Å². The Balaban J connectivity index is 0.00000225. The number of carbonyl (C=O) groups excluding carboxylic acids is 1. The zero-order valence-electron chi connectivity index (χ0n) is 10.5. The Morgan fingerprint density at radius 3 is 2.44 bits per heavy atom. The van der Waals surface area contributed by atoms with E-state index in [4.69, 9.17) is 4.74 Å². The Bertz CT molecular complexity index is 225. The van der Waals surface area contributed by atoms with Crippen LogP contribution in [0.15, 0.2) is 0 Å². The van der Waals surface area contributed by atoms with Crippen molar-refractivity contribution in [3.05, 3.63) is 0 Å². The molecule has 1 amide bonds. The molecule has 0 aromatic heterocycles. The molecule has 1 aliphatic carbocycles. The average Bonchev–Trinajstić information content (AvgIpc) is 2.79. The van der Waals surface area contributed by atoms with Crippen molar-refractivity contribution in [3.63, 3.8) is 0 Å². The first-order valence-electron chi connectivity index (χ1n) is 5.60. The number of hydrogen-bond acceptors (Lipinski definition) is 3. The fourth-order valence-electron chi connectivity index (χ4n) is 1.19. The highest BCUT2D eigenvalue weighted by molar-refractivity contribution is 5.85. The van der Waals surface area contributed by atoms with Crippen molar-refractivity contribution >= 4 is 18.5 Å². The van der Waals surface area contributed by atoms with Crippen molar-refractivity contribution in [3.8, 4) is 0 Å². The fourth-order valence-corrected chi connectivity index (χ4v) is 1.19. The van der Waals surface area contributed by atoms with Crippen LogP contribution in [0.25, 0.3) is 0 Å². The monoisotopic (exact) mass is 250 g/mol. The SMILES string of the molecule is C[C@@H](CNC1CC1)NC(=O)OC(C)(C)C.Cl. The smallest absolute Gasteiger partial charge is 0.407 e. The molecule has 4 nitrogen and oxygen atoms in total. The lowest BCUT2D eigenvalue weighted by Crippen LogP contribution is -2.43. The third-order valence-electron chi connectivity index (χ3n) is 2.05. The summed E-state index contributed by atoms with van der Waals surface area (Å²) in [6.45, 7) is 8.36. The van der Waals surface area contributed by atoms with E-state index in [0.29, 0.717) is 6.04 Å². The van der Waals surface area contributed by atoms with Crippen LogP contribution in [0.1, 0.15) is 40.5 Å². The summed E-state index contributed by atoms with van der Waals surface area (Å²) in [5, 5.41) is 6.15. The largest absolute Gasteiger partial charge is 0.444 e. The Hall–Kier alpha value is -0.480. The minimum Gasteiger partial charge on any atom is -0.444 e. The number of carbonyl (C=O) groups is 1. The van der Waals surface area contributed by atoms with Crippen molar-refractivity contribution in [1.29, 1.82) is 0 Å². The minimum absolute atomic E-state index is 0. The molecule has 0 radical (unpaired) electrons. The first-order valence-corrected chi connectivity index (χ1v) is 5.60. The molecule has 0 heterocycles. The van der Waals surface area contributed by atoms with Crippen molar-refractivity contribution in [2.75, 3.05) is 6.54 Å². The van der Waals surface area contributed by atoms with Crippen molar-refractivity contribution < 1.29 is 9.53 Å². The van der Waals surface area contributed by atoms with Gasteiger partial charge in [-0.3, -0.25) is 0 Å². The lowest BCUT2D eigenvalue weighted by molar-refractivity contribution is 0.0508. The quantitative estimate of drug-likeness (QED) is 0.803.